The van der Waals surface area contributed by atoms with E-state index >= 15 is 0 Å². The van der Waals surface area contributed by atoms with Crippen molar-refractivity contribution < 1.29 is 9.53 Å². The van der Waals surface area contributed by atoms with Crippen LogP contribution >= 0.6 is 0 Å². The summed E-state index contributed by atoms with van der Waals surface area (Å²) in [4.78, 5) is 11.9. The first-order valence-corrected chi connectivity index (χ1v) is 7.17. The predicted molar refractivity (Wildman–Crippen MR) is 87.6 cm³/mol. The van der Waals surface area contributed by atoms with Gasteiger partial charge in [-0.3, -0.25) is 4.79 Å². The number of ether oxygens (including phenoxy) is 1. The summed E-state index contributed by atoms with van der Waals surface area (Å²) in [6.07, 6.45) is -0.638. The first-order valence-electron chi connectivity index (χ1n) is 7.17. The molecule has 2 rings (SSSR count). The van der Waals surface area contributed by atoms with Crippen molar-refractivity contribution in [2.75, 3.05) is 6.54 Å². The lowest BCUT2D eigenvalue weighted by molar-refractivity contribution is -0.126. The summed E-state index contributed by atoms with van der Waals surface area (Å²) in [7, 11) is 0. The van der Waals surface area contributed by atoms with Crippen LogP contribution in [0.1, 0.15) is 18.1 Å². The topological polar surface area (TPSA) is 62.1 Å². The Morgan fingerprint density at radius 1 is 1.13 bits per heavy atom. The zero-order chi connectivity index (χ0) is 16.5. The van der Waals surface area contributed by atoms with Crippen molar-refractivity contribution in [3.05, 3.63) is 65.7 Å². The minimum atomic E-state index is -0.638. The van der Waals surface area contributed by atoms with E-state index in [1.54, 1.807) is 31.2 Å². The van der Waals surface area contributed by atoms with E-state index in [9.17, 15) is 4.79 Å². The van der Waals surface area contributed by atoms with Crippen LogP contribution in [0.25, 0.3) is 0 Å². The molecule has 4 nitrogen and oxygen atoms in total. The Hall–Kier alpha value is -3.24. The van der Waals surface area contributed by atoms with E-state index in [0.29, 0.717) is 11.3 Å². The molecule has 0 radical (unpaired) electrons. The van der Waals surface area contributed by atoms with E-state index in [4.69, 9.17) is 10.00 Å². The van der Waals surface area contributed by atoms with Gasteiger partial charge < -0.3 is 10.1 Å². The molecule has 0 aliphatic heterocycles. The molecule has 4 heteroatoms. The number of hydrogen-bond acceptors (Lipinski definition) is 3. The Bertz CT molecular complexity index is 750. The highest BCUT2D eigenvalue weighted by molar-refractivity contribution is 5.80. The molecule has 0 aromatic heterocycles. The zero-order valence-corrected chi connectivity index (χ0v) is 12.7. The average Bonchev–Trinajstić information content (AvgIpc) is 2.60. The summed E-state index contributed by atoms with van der Waals surface area (Å²) < 4.78 is 5.52. The number of rotatable bonds is 4. The number of carbonyl (C=O) groups excluding carboxylic acids is 1. The monoisotopic (exact) mass is 304 g/mol. The van der Waals surface area contributed by atoms with Gasteiger partial charge in [0, 0.05) is 5.56 Å². The van der Waals surface area contributed by atoms with Gasteiger partial charge in [-0.25, -0.2) is 0 Å². The first kappa shape index (κ1) is 16.1. The van der Waals surface area contributed by atoms with Crippen LogP contribution in [0, 0.1) is 23.2 Å². The van der Waals surface area contributed by atoms with E-state index in [1.807, 2.05) is 36.4 Å². The first-order chi connectivity index (χ1) is 11.2. The fourth-order valence-corrected chi connectivity index (χ4v) is 1.81. The molecule has 1 amide bonds. The highest BCUT2D eigenvalue weighted by atomic mass is 16.5. The molecule has 0 saturated carbocycles. The van der Waals surface area contributed by atoms with Gasteiger partial charge in [-0.2, -0.15) is 5.26 Å². The van der Waals surface area contributed by atoms with Gasteiger partial charge in [-0.1, -0.05) is 30.0 Å². The van der Waals surface area contributed by atoms with Crippen LogP contribution in [0.15, 0.2) is 54.6 Å². The third-order valence-electron chi connectivity index (χ3n) is 3.02. The molecule has 114 valence electrons. The maximum Gasteiger partial charge on any atom is 0.261 e. The molecule has 0 bridgehead atoms. The second-order valence-corrected chi connectivity index (χ2v) is 4.78. The standard InChI is InChI=1S/C19H16N2O2/c1-15(23-18-11-9-17(14-20)10-12-18)19(22)21-13-5-8-16-6-3-2-4-7-16/h2-4,6-7,9-12,15H,13H2,1H3,(H,21,22). The van der Waals surface area contributed by atoms with Gasteiger partial charge in [0.2, 0.25) is 0 Å². The van der Waals surface area contributed by atoms with Crippen molar-refractivity contribution in [3.63, 3.8) is 0 Å². The highest BCUT2D eigenvalue weighted by Crippen LogP contribution is 2.13. The Morgan fingerprint density at radius 3 is 2.48 bits per heavy atom. The number of nitrogens with zero attached hydrogens (tertiary/aromatic N) is 1. The van der Waals surface area contributed by atoms with Gasteiger partial charge >= 0.3 is 0 Å². The SMILES string of the molecule is CC(Oc1ccc(C#N)cc1)C(=O)NCC#Cc1ccccc1. The van der Waals surface area contributed by atoms with Crippen molar-refractivity contribution in [3.8, 4) is 23.7 Å². The van der Waals surface area contributed by atoms with Crippen molar-refractivity contribution >= 4 is 5.91 Å². The van der Waals surface area contributed by atoms with E-state index < -0.39 is 6.10 Å². The number of benzene rings is 2. The zero-order valence-electron chi connectivity index (χ0n) is 12.7. The lowest BCUT2D eigenvalue weighted by Gasteiger charge is -2.13. The Labute approximate surface area is 135 Å². The summed E-state index contributed by atoms with van der Waals surface area (Å²) in [5, 5.41) is 11.4. The van der Waals surface area contributed by atoms with Crippen LogP contribution in [-0.2, 0) is 4.79 Å². The third kappa shape index (κ3) is 5.22. The molecule has 2 aromatic rings. The van der Waals surface area contributed by atoms with Crippen molar-refractivity contribution in [1.82, 2.24) is 5.32 Å². The van der Waals surface area contributed by atoms with Crippen LogP contribution in [0.2, 0.25) is 0 Å². The smallest absolute Gasteiger partial charge is 0.261 e. The molecule has 0 heterocycles. The van der Waals surface area contributed by atoms with Crippen molar-refractivity contribution in [2.24, 2.45) is 0 Å². The molecule has 0 spiro atoms. The van der Waals surface area contributed by atoms with Crippen LogP contribution < -0.4 is 10.1 Å². The Kier molecular flexibility index (Phi) is 5.80. The molecule has 0 saturated heterocycles. The molecule has 1 unspecified atom stereocenters. The van der Waals surface area contributed by atoms with Crippen LogP contribution in [0.4, 0.5) is 0 Å². The second-order valence-electron chi connectivity index (χ2n) is 4.78. The van der Waals surface area contributed by atoms with Crippen LogP contribution in [0.5, 0.6) is 5.75 Å². The number of carbonyl (C=O) groups is 1. The normalized spacial score (nSPS) is 10.6. The molecule has 23 heavy (non-hydrogen) atoms. The average molecular weight is 304 g/mol. The van der Waals surface area contributed by atoms with Gasteiger partial charge in [-0.05, 0) is 43.3 Å². The maximum atomic E-state index is 11.9. The largest absolute Gasteiger partial charge is 0.481 e. The summed E-state index contributed by atoms with van der Waals surface area (Å²) in [5.41, 5.74) is 1.45. The van der Waals surface area contributed by atoms with Gasteiger partial charge in [-0.15, -0.1) is 0 Å². The number of amides is 1. The summed E-state index contributed by atoms with van der Waals surface area (Å²) in [6.45, 7) is 1.92. The quantitative estimate of drug-likeness (QED) is 0.883. The molecule has 0 aliphatic carbocycles. The highest BCUT2D eigenvalue weighted by Gasteiger charge is 2.13. The molecule has 1 atom stereocenters. The van der Waals surface area contributed by atoms with E-state index in [0.717, 1.165) is 5.56 Å². The maximum absolute atomic E-state index is 11.9. The fourth-order valence-electron chi connectivity index (χ4n) is 1.81. The van der Waals surface area contributed by atoms with E-state index in [-0.39, 0.29) is 12.5 Å². The van der Waals surface area contributed by atoms with Crippen molar-refractivity contribution in [2.45, 2.75) is 13.0 Å². The summed E-state index contributed by atoms with van der Waals surface area (Å²) in [5.74, 6) is 6.16. The van der Waals surface area contributed by atoms with Gasteiger partial charge in [0.25, 0.3) is 5.91 Å². The van der Waals surface area contributed by atoms with E-state index in [2.05, 4.69) is 17.2 Å². The molecule has 1 N–H and O–H groups in total. The fraction of sp³-hybridized carbons (Fsp3) is 0.158. The van der Waals surface area contributed by atoms with Gasteiger partial charge in [0.05, 0.1) is 18.2 Å². The second kappa shape index (κ2) is 8.26. The lowest BCUT2D eigenvalue weighted by atomic mass is 10.2. The molecular formula is C19H16N2O2. The molecule has 2 aromatic carbocycles. The molecule has 0 aliphatic rings. The minimum absolute atomic E-state index is 0.239. The van der Waals surface area contributed by atoms with E-state index in [1.165, 1.54) is 0 Å². The number of hydrogen-bond donors (Lipinski definition) is 1. The third-order valence-corrected chi connectivity index (χ3v) is 3.02. The minimum Gasteiger partial charge on any atom is -0.481 e. The summed E-state index contributed by atoms with van der Waals surface area (Å²) in [6, 6.07) is 18.2. The lowest BCUT2D eigenvalue weighted by Crippen LogP contribution is -2.36. The summed E-state index contributed by atoms with van der Waals surface area (Å²) >= 11 is 0. The van der Waals surface area contributed by atoms with Gasteiger partial charge in [0.1, 0.15) is 5.75 Å². The Balaban J connectivity index is 1.81. The van der Waals surface area contributed by atoms with Crippen LogP contribution in [0.3, 0.4) is 0 Å². The van der Waals surface area contributed by atoms with Crippen molar-refractivity contribution in [1.29, 1.82) is 5.26 Å². The molecule has 0 fully saturated rings. The van der Waals surface area contributed by atoms with Crippen LogP contribution in [-0.4, -0.2) is 18.6 Å². The number of nitriles is 1. The Morgan fingerprint density at radius 2 is 1.83 bits per heavy atom. The predicted octanol–water partition coefficient (Wildman–Crippen LogP) is 2.49. The number of nitrogens with one attached hydrogen (secondary N) is 1. The van der Waals surface area contributed by atoms with Gasteiger partial charge in [0.15, 0.2) is 6.10 Å². The molecular weight excluding hydrogens is 288 g/mol.